The van der Waals surface area contributed by atoms with E-state index in [1.54, 1.807) is 0 Å². The summed E-state index contributed by atoms with van der Waals surface area (Å²) in [4.78, 5) is 13.9. The summed E-state index contributed by atoms with van der Waals surface area (Å²) in [5, 5.41) is 6.35. The second kappa shape index (κ2) is 10.2. The Morgan fingerprint density at radius 3 is 2.74 bits per heavy atom. The number of nitrogens with zero attached hydrogens (tertiary/aromatic N) is 1. The van der Waals surface area contributed by atoms with Gasteiger partial charge in [-0.05, 0) is 20.8 Å². The van der Waals surface area contributed by atoms with Crippen LogP contribution in [0, 0.1) is 5.92 Å². The van der Waals surface area contributed by atoms with Crippen LogP contribution in [0.15, 0.2) is 0 Å². The Morgan fingerprint density at radius 1 is 1.35 bits per heavy atom. The van der Waals surface area contributed by atoms with Crippen LogP contribution >= 0.6 is 0 Å². The van der Waals surface area contributed by atoms with Gasteiger partial charge in [0.25, 0.3) is 0 Å². The van der Waals surface area contributed by atoms with Crippen molar-refractivity contribution in [3.63, 3.8) is 0 Å². The van der Waals surface area contributed by atoms with Gasteiger partial charge >= 0.3 is 0 Å². The van der Waals surface area contributed by atoms with Crippen molar-refractivity contribution in [1.82, 2.24) is 15.5 Å². The molecule has 1 unspecified atom stereocenters. The Kier molecular flexibility index (Phi) is 9.06. The van der Waals surface area contributed by atoms with Crippen LogP contribution < -0.4 is 10.6 Å². The molecule has 0 aromatic heterocycles. The Bertz CT molecular complexity index is 342. The van der Waals surface area contributed by atoms with E-state index >= 15 is 0 Å². The van der Waals surface area contributed by atoms with E-state index in [0.717, 1.165) is 39.4 Å². The molecule has 1 rings (SSSR count). The Morgan fingerprint density at radius 2 is 2.09 bits per heavy atom. The van der Waals surface area contributed by atoms with Gasteiger partial charge in [0, 0.05) is 44.2 Å². The zero-order valence-corrected chi connectivity index (χ0v) is 15.5. The van der Waals surface area contributed by atoms with Gasteiger partial charge in [-0.25, -0.2) is 0 Å². The normalized spacial score (nSPS) is 20.0. The van der Waals surface area contributed by atoms with Crippen LogP contribution in [-0.4, -0.2) is 75.0 Å². The zero-order chi connectivity index (χ0) is 17.3. The average Bonchev–Trinajstić information content (AvgIpc) is 2.47. The van der Waals surface area contributed by atoms with E-state index < -0.39 is 0 Å². The molecule has 0 aliphatic carbocycles. The maximum atomic E-state index is 11.6. The van der Waals surface area contributed by atoms with E-state index in [9.17, 15) is 4.79 Å². The summed E-state index contributed by atoms with van der Waals surface area (Å²) in [6, 6.07) is 0. The molecular weight excluding hydrogens is 294 g/mol. The second-order valence-corrected chi connectivity index (χ2v) is 7.48. The molecule has 1 aliphatic rings. The molecule has 136 valence electrons. The van der Waals surface area contributed by atoms with E-state index in [0.29, 0.717) is 13.2 Å². The molecule has 6 nitrogen and oxygen atoms in total. The SMILES string of the molecule is CC(C)C(=O)NCC1CN(CCOCCNC(C)(C)C)CCO1. The first-order chi connectivity index (χ1) is 10.8. The van der Waals surface area contributed by atoms with Gasteiger partial charge < -0.3 is 20.1 Å². The molecule has 0 saturated carbocycles. The summed E-state index contributed by atoms with van der Waals surface area (Å²) in [5.74, 6) is 0.102. The third-order valence-corrected chi connectivity index (χ3v) is 3.70. The van der Waals surface area contributed by atoms with Crippen LogP contribution in [0.25, 0.3) is 0 Å². The molecule has 0 aromatic rings. The predicted octanol–water partition coefficient (Wildman–Crippen LogP) is 0.864. The highest BCUT2D eigenvalue weighted by Gasteiger charge is 2.21. The maximum absolute atomic E-state index is 11.6. The lowest BCUT2D eigenvalue weighted by atomic mass is 10.1. The largest absolute Gasteiger partial charge is 0.379 e. The Labute approximate surface area is 141 Å². The van der Waals surface area contributed by atoms with Crippen LogP contribution in [0.1, 0.15) is 34.6 Å². The van der Waals surface area contributed by atoms with Gasteiger partial charge in [-0.1, -0.05) is 13.8 Å². The first kappa shape index (κ1) is 20.4. The number of rotatable bonds is 9. The number of nitrogens with one attached hydrogen (secondary N) is 2. The lowest BCUT2D eigenvalue weighted by molar-refractivity contribution is -0.125. The van der Waals surface area contributed by atoms with Crippen molar-refractivity contribution in [3.05, 3.63) is 0 Å². The summed E-state index contributed by atoms with van der Waals surface area (Å²) < 4.78 is 11.4. The van der Waals surface area contributed by atoms with Gasteiger partial charge in [0.05, 0.1) is 25.9 Å². The first-order valence-corrected chi connectivity index (χ1v) is 8.72. The Hall–Kier alpha value is -0.690. The quantitative estimate of drug-likeness (QED) is 0.615. The van der Waals surface area contributed by atoms with Gasteiger partial charge in [0.2, 0.25) is 5.91 Å². The third-order valence-electron chi connectivity index (χ3n) is 3.70. The molecule has 1 fully saturated rings. The van der Waals surface area contributed by atoms with Gasteiger partial charge in [-0.3, -0.25) is 9.69 Å². The zero-order valence-electron chi connectivity index (χ0n) is 15.5. The number of hydrogen-bond donors (Lipinski definition) is 2. The summed E-state index contributed by atoms with van der Waals surface area (Å²) in [5.41, 5.74) is 0.140. The van der Waals surface area contributed by atoms with Crippen molar-refractivity contribution in [3.8, 4) is 0 Å². The van der Waals surface area contributed by atoms with E-state index in [-0.39, 0.29) is 23.5 Å². The van der Waals surface area contributed by atoms with Crippen molar-refractivity contribution < 1.29 is 14.3 Å². The van der Waals surface area contributed by atoms with E-state index in [1.165, 1.54) is 0 Å². The molecule has 2 N–H and O–H groups in total. The fourth-order valence-corrected chi connectivity index (χ4v) is 2.32. The minimum atomic E-state index is 0.0183. The number of carbonyl (C=O) groups is 1. The topological polar surface area (TPSA) is 62.8 Å². The predicted molar refractivity (Wildman–Crippen MR) is 92.6 cm³/mol. The highest BCUT2D eigenvalue weighted by Crippen LogP contribution is 2.05. The molecular formula is C17H35N3O3. The molecule has 0 radical (unpaired) electrons. The fraction of sp³-hybridized carbons (Fsp3) is 0.941. The highest BCUT2D eigenvalue weighted by atomic mass is 16.5. The molecule has 1 saturated heterocycles. The summed E-state index contributed by atoms with van der Waals surface area (Å²) >= 11 is 0. The van der Waals surface area contributed by atoms with Crippen molar-refractivity contribution in [1.29, 1.82) is 0 Å². The molecule has 0 aromatic carbocycles. The van der Waals surface area contributed by atoms with Crippen LogP contribution in [0.2, 0.25) is 0 Å². The Balaban J connectivity index is 2.10. The number of ether oxygens (including phenoxy) is 2. The maximum Gasteiger partial charge on any atom is 0.222 e. The average molecular weight is 329 g/mol. The van der Waals surface area contributed by atoms with Crippen LogP contribution in [0.4, 0.5) is 0 Å². The van der Waals surface area contributed by atoms with E-state index in [2.05, 4.69) is 36.3 Å². The minimum Gasteiger partial charge on any atom is -0.379 e. The molecule has 6 heteroatoms. The first-order valence-electron chi connectivity index (χ1n) is 8.72. The molecule has 0 spiro atoms. The molecule has 1 amide bonds. The number of carbonyl (C=O) groups excluding carboxylic acids is 1. The van der Waals surface area contributed by atoms with Crippen molar-refractivity contribution in [2.45, 2.75) is 46.3 Å². The number of morpholine rings is 1. The van der Waals surface area contributed by atoms with Gasteiger partial charge in [-0.15, -0.1) is 0 Å². The number of amides is 1. The standard InChI is InChI=1S/C17H35N3O3/c1-14(2)16(21)18-12-15-13-20(8-11-23-15)7-10-22-9-6-19-17(3,4)5/h14-15,19H,6-13H2,1-5H3,(H,18,21). The van der Waals surface area contributed by atoms with Gasteiger partial charge in [0.15, 0.2) is 0 Å². The minimum absolute atomic E-state index is 0.0183. The highest BCUT2D eigenvalue weighted by molar-refractivity contribution is 5.77. The molecule has 23 heavy (non-hydrogen) atoms. The lowest BCUT2D eigenvalue weighted by Crippen LogP contribution is -2.48. The molecule has 1 heterocycles. The number of hydrogen-bond acceptors (Lipinski definition) is 5. The second-order valence-electron chi connectivity index (χ2n) is 7.48. The van der Waals surface area contributed by atoms with Crippen molar-refractivity contribution in [2.75, 3.05) is 52.5 Å². The summed E-state index contributed by atoms with van der Waals surface area (Å²) in [7, 11) is 0. The van der Waals surface area contributed by atoms with Crippen molar-refractivity contribution >= 4 is 5.91 Å². The third kappa shape index (κ3) is 9.91. The van der Waals surface area contributed by atoms with Crippen LogP contribution in [-0.2, 0) is 14.3 Å². The van der Waals surface area contributed by atoms with Crippen molar-refractivity contribution in [2.24, 2.45) is 5.92 Å². The summed E-state index contributed by atoms with van der Waals surface area (Å²) in [6.45, 7) is 16.6. The molecule has 1 aliphatic heterocycles. The smallest absolute Gasteiger partial charge is 0.222 e. The van der Waals surface area contributed by atoms with Gasteiger partial charge in [0.1, 0.15) is 0 Å². The van der Waals surface area contributed by atoms with Crippen LogP contribution in [0.3, 0.4) is 0 Å². The summed E-state index contributed by atoms with van der Waals surface area (Å²) in [6.07, 6.45) is 0.0778. The van der Waals surface area contributed by atoms with Crippen LogP contribution in [0.5, 0.6) is 0 Å². The lowest BCUT2D eigenvalue weighted by Gasteiger charge is -2.33. The molecule has 0 bridgehead atoms. The van der Waals surface area contributed by atoms with Gasteiger partial charge in [-0.2, -0.15) is 0 Å². The monoisotopic (exact) mass is 329 g/mol. The van der Waals surface area contributed by atoms with E-state index in [1.807, 2.05) is 13.8 Å². The fourth-order valence-electron chi connectivity index (χ4n) is 2.32. The van der Waals surface area contributed by atoms with E-state index in [4.69, 9.17) is 9.47 Å². The molecule has 1 atom stereocenters.